The maximum atomic E-state index is 14.1. The van der Waals surface area contributed by atoms with Crippen molar-refractivity contribution in [2.45, 2.75) is 13.8 Å². The van der Waals surface area contributed by atoms with Crippen LogP contribution in [0, 0.1) is 25.5 Å². The number of hydrogen-bond donors (Lipinski definition) is 0. The third kappa shape index (κ3) is 3.87. The highest BCUT2D eigenvalue weighted by Crippen LogP contribution is 2.30. The number of rotatable bonds is 4. The number of carbonyl (C=O) groups is 1. The summed E-state index contributed by atoms with van der Waals surface area (Å²) >= 11 is 0. The molecule has 0 spiro atoms. The zero-order valence-electron chi connectivity index (χ0n) is 16.5. The molecule has 0 unspecified atom stereocenters. The van der Waals surface area contributed by atoms with E-state index < -0.39 is 17.4 Å². The number of aromatic nitrogens is 2. The van der Waals surface area contributed by atoms with Gasteiger partial charge in [0.15, 0.2) is 5.78 Å². The van der Waals surface area contributed by atoms with Gasteiger partial charge in [-0.1, -0.05) is 0 Å². The molecule has 4 rings (SSSR count). The van der Waals surface area contributed by atoms with Crippen LogP contribution in [0.25, 0.3) is 22.5 Å². The van der Waals surface area contributed by atoms with E-state index in [1.54, 1.807) is 12.4 Å². The molecule has 0 fully saturated rings. The van der Waals surface area contributed by atoms with Crippen LogP contribution in [0.1, 0.15) is 27.0 Å². The standard InChI is InChI=1S/C25H18F2N2O/c1-15-7-9-28-23(11-15)19-5-3-17(26)13-21(19)25(30)22-14-18(27)4-6-20(22)24-12-16(2)8-10-29-24/h3-14H,1-2H3. The van der Waals surface area contributed by atoms with Crippen LogP contribution >= 0.6 is 0 Å². The molecule has 148 valence electrons. The molecule has 0 aliphatic carbocycles. The number of hydrogen-bond acceptors (Lipinski definition) is 3. The van der Waals surface area contributed by atoms with Gasteiger partial charge in [-0.25, -0.2) is 8.78 Å². The Labute approximate surface area is 173 Å². The van der Waals surface area contributed by atoms with Gasteiger partial charge < -0.3 is 0 Å². The minimum atomic E-state index is -0.554. The van der Waals surface area contributed by atoms with Crippen LogP contribution in [0.5, 0.6) is 0 Å². The topological polar surface area (TPSA) is 42.9 Å². The van der Waals surface area contributed by atoms with E-state index in [1.807, 2.05) is 38.1 Å². The van der Waals surface area contributed by atoms with Crippen molar-refractivity contribution in [2.75, 3.05) is 0 Å². The molecule has 2 aromatic carbocycles. The molecule has 0 aliphatic heterocycles. The third-order valence-corrected chi connectivity index (χ3v) is 4.84. The largest absolute Gasteiger partial charge is 0.289 e. The predicted octanol–water partition coefficient (Wildman–Crippen LogP) is 5.94. The van der Waals surface area contributed by atoms with Crippen LogP contribution < -0.4 is 0 Å². The molecule has 0 bridgehead atoms. The van der Waals surface area contributed by atoms with Gasteiger partial charge >= 0.3 is 0 Å². The van der Waals surface area contributed by atoms with Gasteiger partial charge in [0.25, 0.3) is 0 Å². The van der Waals surface area contributed by atoms with E-state index >= 15 is 0 Å². The first kappa shape index (κ1) is 19.6. The summed E-state index contributed by atoms with van der Waals surface area (Å²) in [5, 5.41) is 0. The lowest BCUT2D eigenvalue weighted by molar-refractivity contribution is 0.103. The molecular formula is C25H18F2N2O. The number of nitrogens with zero attached hydrogens (tertiary/aromatic N) is 2. The van der Waals surface area contributed by atoms with Crippen LogP contribution in [0.15, 0.2) is 73.1 Å². The molecular weight excluding hydrogens is 382 g/mol. The Morgan fingerprint density at radius 1 is 0.667 bits per heavy atom. The monoisotopic (exact) mass is 400 g/mol. The van der Waals surface area contributed by atoms with E-state index in [4.69, 9.17) is 0 Å². The van der Waals surface area contributed by atoms with E-state index in [2.05, 4.69) is 9.97 Å². The number of halogens is 2. The number of benzene rings is 2. The third-order valence-electron chi connectivity index (χ3n) is 4.84. The Morgan fingerprint density at radius 3 is 1.50 bits per heavy atom. The second-order valence-corrected chi connectivity index (χ2v) is 7.15. The van der Waals surface area contributed by atoms with Gasteiger partial charge in [0.2, 0.25) is 0 Å². The van der Waals surface area contributed by atoms with Gasteiger partial charge in [0.1, 0.15) is 11.6 Å². The fraction of sp³-hybridized carbons (Fsp3) is 0.0800. The summed E-state index contributed by atoms with van der Waals surface area (Å²) in [5.74, 6) is -1.60. The van der Waals surface area contributed by atoms with Crippen molar-refractivity contribution in [3.05, 3.63) is 107 Å². The second-order valence-electron chi connectivity index (χ2n) is 7.15. The van der Waals surface area contributed by atoms with Crippen molar-refractivity contribution >= 4 is 5.78 Å². The normalized spacial score (nSPS) is 10.8. The van der Waals surface area contributed by atoms with E-state index in [9.17, 15) is 13.6 Å². The minimum Gasteiger partial charge on any atom is -0.289 e. The van der Waals surface area contributed by atoms with Gasteiger partial charge in [-0.2, -0.15) is 0 Å². The summed E-state index contributed by atoms with van der Waals surface area (Å²) < 4.78 is 28.2. The highest BCUT2D eigenvalue weighted by Gasteiger charge is 2.21. The van der Waals surface area contributed by atoms with Crippen molar-refractivity contribution in [3.8, 4) is 22.5 Å². The molecule has 30 heavy (non-hydrogen) atoms. The SMILES string of the molecule is Cc1ccnc(-c2ccc(F)cc2C(=O)c2cc(F)ccc2-c2cc(C)ccn2)c1. The van der Waals surface area contributed by atoms with Crippen LogP contribution in [-0.2, 0) is 0 Å². The quantitative estimate of drug-likeness (QED) is 0.398. The second kappa shape index (κ2) is 7.95. The smallest absolute Gasteiger partial charge is 0.194 e. The van der Waals surface area contributed by atoms with Crippen LogP contribution in [0.3, 0.4) is 0 Å². The maximum absolute atomic E-state index is 14.1. The highest BCUT2D eigenvalue weighted by atomic mass is 19.1. The lowest BCUT2D eigenvalue weighted by Gasteiger charge is -2.13. The molecule has 0 aliphatic rings. The van der Waals surface area contributed by atoms with Crippen molar-refractivity contribution in [2.24, 2.45) is 0 Å². The van der Waals surface area contributed by atoms with Crippen molar-refractivity contribution in [1.29, 1.82) is 0 Å². The van der Waals surface area contributed by atoms with Gasteiger partial charge in [-0.3, -0.25) is 14.8 Å². The minimum absolute atomic E-state index is 0.118. The molecule has 2 heterocycles. The first-order valence-electron chi connectivity index (χ1n) is 9.42. The molecule has 4 aromatic rings. The Morgan fingerprint density at radius 2 is 1.10 bits per heavy atom. The van der Waals surface area contributed by atoms with Gasteiger partial charge in [-0.15, -0.1) is 0 Å². The van der Waals surface area contributed by atoms with Crippen molar-refractivity contribution in [3.63, 3.8) is 0 Å². The molecule has 2 aromatic heterocycles. The van der Waals surface area contributed by atoms with Crippen LogP contribution in [0.4, 0.5) is 8.78 Å². The molecule has 0 atom stereocenters. The van der Waals surface area contributed by atoms with Crippen LogP contribution in [0.2, 0.25) is 0 Å². The molecule has 0 radical (unpaired) electrons. The summed E-state index contributed by atoms with van der Waals surface area (Å²) in [4.78, 5) is 22.2. The Kier molecular flexibility index (Phi) is 5.19. The number of ketones is 1. The highest BCUT2D eigenvalue weighted by molar-refractivity contribution is 6.15. The zero-order valence-corrected chi connectivity index (χ0v) is 16.5. The summed E-state index contributed by atoms with van der Waals surface area (Å²) in [6.45, 7) is 3.81. The Balaban J connectivity index is 1.91. The first-order valence-corrected chi connectivity index (χ1v) is 9.42. The molecule has 0 N–H and O–H groups in total. The van der Waals surface area contributed by atoms with Crippen LogP contribution in [-0.4, -0.2) is 15.8 Å². The van der Waals surface area contributed by atoms with E-state index in [0.29, 0.717) is 22.5 Å². The lowest BCUT2D eigenvalue weighted by Crippen LogP contribution is -2.08. The van der Waals surface area contributed by atoms with E-state index in [0.717, 1.165) is 11.1 Å². The first-order chi connectivity index (χ1) is 14.4. The average molecular weight is 400 g/mol. The van der Waals surface area contributed by atoms with Crippen molar-refractivity contribution in [1.82, 2.24) is 9.97 Å². The fourth-order valence-corrected chi connectivity index (χ4v) is 3.37. The summed E-state index contributed by atoms with van der Waals surface area (Å²) in [6, 6.07) is 15.3. The lowest BCUT2D eigenvalue weighted by atomic mass is 9.92. The van der Waals surface area contributed by atoms with Crippen molar-refractivity contribution < 1.29 is 13.6 Å². The molecule has 3 nitrogen and oxygen atoms in total. The predicted molar refractivity (Wildman–Crippen MR) is 112 cm³/mol. The van der Waals surface area contributed by atoms with E-state index in [-0.39, 0.29) is 11.1 Å². The molecule has 0 saturated carbocycles. The number of aryl methyl sites for hydroxylation is 2. The number of pyridine rings is 2. The maximum Gasteiger partial charge on any atom is 0.194 e. The van der Waals surface area contributed by atoms with Gasteiger partial charge in [0.05, 0.1) is 11.4 Å². The summed E-state index contributed by atoms with van der Waals surface area (Å²) in [6.07, 6.45) is 3.26. The average Bonchev–Trinajstić information content (AvgIpc) is 2.73. The van der Waals surface area contributed by atoms with Gasteiger partial charge in [-0.05, 0) is 85.6 Å². The summed E-state index contributed by atoms with van der Waals surface area (Å²) in [5.41, 5.74) is 4.21. The number of carbonyl (C=O) groups excluding carboxylic acids is 1. The Bertz CT molecular complexity index is 1170. The van der Waals surface area contributed by atoms with Gasteiger partial charge in [0, 0.05) is 34.6 Å². The zero-order chi connectivity index (χ0) is 21.3. The fourth-order valence-electron chi connectivity index (χ4n) is 3.37. The summed E-state index contributed by atoms with van der Waals surface area (Å²) in [7, 11) is 0. The Hall–Kier alpha value is -3.73. The molecule has 0 saturated heterocycles. The molecule has 5 heteroatoms. The van der Waals surface area contributed by atoms with E-state index in [1.165, 1.54) is 36.4 Å². The molecule has 0 amide bonds.